The number of carboxylic acids is 1. The number of aromatic carboxylic acids is 1. The molecule has 18 heavy (non-hydrogen) atoms. The van der Waals surface area contributed by atoms with Crippen molar-refractivity contribution in [3.05, 3.63) is 29.6 Å². The number of rotatable bonds is 6. The van der Waals surface area contributed by atoms with Gasteiger partial charge in [-0.15, -0.1) is 0 Å². The average molecular weight is 254 g/mol. The van der Waals surface area contributed by atoms with E-state index in [1.165, 1.54) is 17.0 Å². The molecule has 0 radical (unpaired) electrons. The van der Waals surface area contributed by atoms with Gasteiger partial charge in [0.2, 0.25) is 0 Å². The summed E-state index contributed by atoms with van der Waals surface area (Å²) in [6, 6.07) is 2.58. The summed E-state index contributed by atoms with van der Waals surface area (Å²) in [5.74, 6) is -1.58. The van der Waals surface area contributed by atoms with Crippen LogP contribution in [0.2, 0.25) is 0 Å². The molecule has 0 aromatic carbocycles. The van der Waals surface area contributed by atoms with Gasteiger partial charge in [0.1, 0.15) is 5.69 Å². The highest BCUT2D eigenvalue weighted by molar-refractivity contribution is 5.94. The zero-order valence-electron chi connectivity index (χ0n) is 9.61. The zero-order valence-corrected chi connectivity index (χ0v) is 9.61. The Kier molecular flexibility index (Phi) is 5.22. The smallest absolute Gasteiger partial charge is 0.354 e. The second-order valence-electron chi connectivity index (χ2n) is 3.48. The lowest BCUT2D eigenvalue weighted by Gasteiger charge is -2.20. The number of aromatic nitrogens is 1. The first-order chi connectivity index (χ1) is 8.60. The van der Waals surface area contributed by atoms with Crippen LogP contribution >= 0.6 is 0 Å². The van der Waals surface area contributed by atoms with Crippen molar-refractivity contribution in [2.24, 2.45) is 0 Å². The molecule has 0 saturated heterocycles. The number of carbonyl (C=O) groups is 2. The molecule has 3 N–H and O–H groups in total. The van der Waals surface area contributed by atoms with Crippen LogP contribution in [-0.4, -0.2) is 63.4 Å². The largest absolute Gasteiger partial charge is 0.477 e. The van der Waals surface area contributed by atoms with Crippen molar-refractivity contribution in [2.75, 3.05) is 26.3 Å². The Morgan fingerprint density at radius 3 is 2.17 bits per heavy atom. The molecule has 0 saturated carbocycles. The van der Waals surface area contributed by atoms with E-state index in [0.717, 1.165) is 6.20 Å². The van der Waals surface area contributed by atoms with Crippen molar-refractivity contribution in [3.63, 3.8) is 0 Å². The number of carboxylic acid groups (broad SMARTS) is 1. The first-order valence-electron chi connectivity index (χ1n) is 5.30. The Balaban J connectivity index is 2.84. The maximum atomic E-state index is 11.9. The van der Waals surface area contributed by atoms with E-state index in [1.54, 1.807) is 0 Å². The van der Waals surface area contributed by atoms with Gasteiger partial charge >= 0.3 is 5.97 Å². The topological polar surface area (TPSA) is 111 Å². The maximum absolute atomic E-state index is 11.9. The van der Waals surface area contributed by atoms with Gasteiger partial charge in [-0.05, 0) is 12.1 Å². The van der Waals surface area contributed by atoms with Crippen molar-refractivity contribution in [2.45, 2.75) is 0 Å². The van der Waals surface area contributed by atoms with Crippen molar-refractivity contribution >= 4 is 11.9 Å². The van der Waals surface area contributed by atoms with Crippen LogP contribution in [0.25, 0.3) is 0 Å². The molecule has 0 aliphatic heterocycles. The maximum Gasteiger partial charge on any atom is 0.354 e. The molecule has 7 nitrogen and oxygen atoms in total. The van der Waals surface area contributed by atoms with Gasteiger partial charge in [-0.1, -0.05) is 0 Å². The Morgan fingerprint density at radius 1 is 1.17 bits per heavy atom. The summed E-state index contributed by atoms with van der Waals surface area (Å²) in [5, 5.41) is 26.3. The number of carbonyl (C=O) groups excluding carboxylic acids is 1. The minimum atomic E-state index is -1.17. The summed E-state index contributed by atoms with van der Waals surface area (Å²) >= 11 is 0. The van der Waals surface area contributed by atoms with Gasteiger partial charge in [-0.3, -0.25) is 4.79 Å². The second-order valence-corrected chi connectivity index (χ2v) is 3.48. The van der Waals surface area contributed by atoms with Crippen LogP contribution in [0.1, 0.15) is 20.8 Å². The number of amides is 1. The normalized spacial score (nSPS) is 10.1. The van der Waals surface area contributed by atoms with Gasteiger partial charge in [0.05, 0.1) is 18.8 Å². The van der Waals surface area contributed by atoms with Gasteiger partial charge in [0, 0.05) is 19.3 Å². The molecule has 1 aromatic heterocycles. The Labute approximate surface area is 103 Å². The molecule has 0 bridgehead atoms. The molecule has 1 heterocycles. The molecular formula is C11H14N2O5. The fraction of sp³-hybridized carbons (Fsp3) is 0.364. The van der Waals surface area contributed by atoms with Crippen LogP contribution in [0.5, 0.6) is 0 Å². The summed E-state index contributed by atoms with van der Waals surface area (Å²) in [6.07, 6.45) is 1.16. The lowest BCUT2D eigenvalue weighted by molar-refractivity contribution is 0.0674. The molecule has 0 unspecified atom stereocenters. The monoisotopic (exact) mass is 254 g/mol. The Hall–Kier alpha value is -1.99. The van der Waals surface area contributed by atoms with Gasteiger partial charge in [0.25, 0.3) is 5.91 Å². The molecule has 98 valence electrons. The third-order valence-electron chi connectivity index (χ3n) is 2.26. The highest BCUT2D eigenvalue weighted by Gasteiger charge is 2.15. The molecule has 1 aromatic rings. The fourth-order valence-electron chi connectivity index (χ4n) is 1.39. The van der Waals surface area contributed by atoms with E-state index in [0.29, 0.717) is 0 Å². The van der Waals surface area contributed by atoms with Crippen LogP contribution < -0.4 is 0 Å². The lowest BCUT2D eigenvalue weighted by Crippen LogP contribution is -2.35. The summed E-state index contributed by atoms with van der Waals surface area (Å²) in [4.78, 5) is 27.4. The van der Waals surface area contributed by atoms with Crippen LogP contribution in [0, 0.1) is 0 Å². The van der Waals surface area contributed by atoms with Gasteiger partial charge < -0.3 is 20.2 Å². The second kappa shape index (κ2) is 6.67. The van der Waals surface area contributed by atoms with Crippen molar-refractivity contribution in [1.82, 2.24) is 9.88 Å². The third-order valence-corrected chi connectivity index (χ3v) is 2.26. The molecule has 7 heteroatoms. The number of nitrogens with zero attached hydrogens (tertiary/aromatic N) is 2. The summed E-state index contributed by atoms with van der Waals surface area (Å²) in [5.41, 5.74) is 0.0596. The van der Waals surface area contributed by atoms with E-state index < -0.39 is 11.9 Å². The first kappa shape index (κ1) is 14.1. The summed E-state index contributed by atoms with van der Waals surface area (Å²) in [7, 11) is 0. The summed E-state index contributed by atoms with van der Waals surface area (Å²) in [6.45, 7) is -0.237. The molecule has 0 fully saturated rings. The Morgan fingerprint density at radius 2 is 1.78 bits per heavy atom. The highest BCUT2D eigenvalue weighted by Crippen LogP contribution is 2.05. The fourth-order valence-corrected chi connectivity index (χ4v) is 1.39. The molecule has 1 amide bonds. The van der Waals surface area contributed by atoms with Crippen molar-refractivity contribution in [1.29, 1.82) is 0 Å². The number of aliphatic hydroxyl groups is 2. The number of hydrogen-bond donors (Lipinski definition) is 3. The van der Waals surface area contributed by atoms with Gasteiger partial charge in [-0.2, -0.15) is 0 Å². The zero-order chi connectivity index (χ0) is 13.5. The molecule has 0 aliphatic carbocycles. The average Bonchev–Trinajstić information content (AvgIpc) is 2.38. The molecule has 0 aliphatic rings. The molecule has 1 rings (SSSR count). The standard InChI is InChI=1S/C11H14N2O5/c14-5-3-13(4-6-15)10(16)8-1-2-9(11(17)18)12-7-8/h1-2,7,14-15H,3-6H2,(H,17,18). The van der Waals surface area contributed by atoms with E-state index in [4.69, 9.17) is 15.3 Å². The van der Waals surface area contributed by atoms with Crippen LogP contribution in [0.3, 0.4) is 0 Å². The highest BCUT2D eigenvalue weighted by atomic mass is 16.4. The van der Waals surface area contributed by atoms with Gasteiger partial charge in [0.15, 0.2) is 0 Å². The van der Waals surface area contributed by atoms with Crippen molar-refractivity contribution < 1.29 is 24.9 Å². The lowest BCUT2D eigenvalue weighted by atomic mass is 10.2. The van der Waals surface area contributed by atoms with Crippen molar-refractivity contribution in [3.8, 4) is 0 Å². The predicted molar refractivity (Wildman–Crippen MR) is 61.3 cm³/mol. The van der Waals surface area contributed by atoms with E-state index in [9.17, 15) is 9.59 Å². The molecule has 0 atom stereocenters. The van der Waals surface area contributed by atoms with E-state index in [1.807, 2.05) is 0 Å². The van der Waals surface area contributed by atoms with Crippen LogP contribution in [0.4, 0.5) is 0 Å². The molecule has 0 spiro atoms. The number of aliphatic hydroxyl groups excluding tert-OH is 2. The third kappa shape index (κ3) is 3.51. The summed E-state index contributed by atoms with van der Waals surface area (Å²) < 4.78 is 0. The van der Waals surface area contributed by atoms with E-state index in [2.05, 4.69) is 4.98 Å². The quantitative estimate of drug-likeness (QED) is 0.613. The predicted octanol–water partition coefficient (Wildman–Crippen LogP) is -0.793. The molecular weight excluding hydrogens is 240 g/mol. The first-order valence-corrected chi connectivity index (χ1v) is 5.30. The minimum Gasteiger partial charge on any atom is -0.477 e. The number of pyridine rings is 1. The van der Waals surface area contributed by atoms with E-state index >= 15 is 0 Å². The number of hydrogen-bond acceptors (Lipinski definition) is 5. The van der Waals surface area contributed by atoms with Crippen LogP contribution in [0.15, 0.2) is 18.3 Å². The van der Waals surface area contributed by atoms with E-state index in [-0.39, 0.29) is 37.6 Å². The minimum absolute atomic E-state index is 0.0973. The Bertz CT molecular complexity index is 412. The van der Waals surface area contributed by atoms with Gasteiger partial charge in [-0.25, -0.2) is 9.78 Å². The SMILES string of the molecule is O=C(O)c1ccc(C(=O)N(CCO)CCO)cn1. The van der Waals surface area contributed by atoms with Crippen LogP contribution in [-0.2, 0) is 0 Å².